The Kier molecular flexibility index (Phi) is 8.83. The highest BCUT2D eigenvalue weighted by molar-refractivity contribution is 6.30. The van der Waals surface area contributed by atoms with Crippen molar-refractivity contribution in [2.45, 2.75) is 37.9 Å². The standard InChI is InChI=1S/C29H32ClN5O4/c1-18-12-13-34(24(28(32)38)15-20-8-4-7-19-6-2-3-11-23(19)20)29(39)27(21-9-5-10-22(30)14-21)35(18)26(37)17-33-25(36)16-31/h2-11,14,18,24,27H,12-13,15-17,31H2,1H3,(H2,32,38)(H,33,36)/t18-,24-,27+/m1/s1. The maximum Gasteiger partial charge on any atom is 0.250 e. The SMILES string of the molecule is C[C@@H]1CCN([C@H](Cc2cccc3ccccc23)C(N)=O)C(=O)[C@H](c2cccc(Cl)c2)N1C(=O)CNC(=O)CN. The van der Waals surface area contributed by atoms with Crippen LogP contribution in [0, 0.1) is 0 Å². The van der Waals surface area contributed by atoms with Crippen LogP contribution in [-0.2, 0) is 25.6 Å². The van der Waals surface area contributed by atoms with Crippen LogP contribution in [0.2, 0.25) is 5.02 Å². The van der Waals surface area contributed by atoms with Gasteiger partial charge < -0.3 is 26.6 Å². The Morgan fingerprint density at radius 1 is 1.08 bits per heavy atom. The number of hydrogen-bond donors (Lipinski definition) is 3. The number of rotatable bonds is 8. The number of halogens is 1. The molecular weight excluding hydrogens is 518 g/mol. The molecule has 1 aliphatic heterocycles. The molecule has 9 nitrogen and oxygen atoms in total. The van der Waals surface area contributed by atoms with Crippen molar-refractivity contribution in [3.63, 3.8) is 0 Å². The van der Waals surface area contributed by atoms with Gasteiger partial charge in [0.25, 0.3) is 5.91 Å². The summed E-state index contributed by atoms with van der Waals surface area (Å²) in [5, 5.41) is 4.88. The summed E-state index contributed by atoms with van der Waals surface area (Å²) in [4.78, 5) is 55.3. The first-order chi connectivity index (χ1) is 18.7. The van der Waals surface area contributed by atoms with Gasteiger partial charge in [0.05, 0.1) is 13.1 Å². The van der Waals surface area contributed by atoms with Crippen LogP contribution in [0.5, 0.6) is 0 Å². The van der Waals surface area contributed by atoms with E-state index < -0.39 is 41.8 Å². The Morgan fingerprint density at radius 3 is 2.51 bits per heavy atom. The highest BCUT2D eigenvalue weighted by atomic mass is 35.5. The summed E-state index contributed by atoms with van der Waals surface area (Å²) < 4.78 is 0. The summed E-state index contributed by atoms with van der Waals surface area (Å²) in [6, 6.07) is 18.0. The van der Waals surface area contributed by atoms with Gasteiger partial charge in [-0.3, -0.25) is 19.2 Å². The van der Waals surface area contributed by atoms with Gasteiger partial charge in [0.15, 0.2) is 0 Å². The van der Waals surface area contributed by atoms with E-state index in [1.54, 1.807) is 24.3 Å². The number of primary amides is 1. The zero-order valence-electron chi connectivity index (χ0n) is 21.7. The minimum absolute atomic E-state index is 0.217. The fourth-order valence-electron chi connectivity index (χ4n) is 5.17. The van der Waals surface area contributed by atoms with Crippen molar-refractivity contribution in [3.8, 4) is 0 Å². The van der Waals surface area contributed by atoms with Crippen molar-refractivity contribution in [3.05, 3.63) is 82.9 Å². The first-order valence-electron chi connectivity index (χ1n) is 12.8. The number of nitrogens with one attached hydrogen (secondary N) is 1. The lowest BCUT2D eigenvalue weighted by Crippen LogP contribution is -2.53. The van der Waals surface area contributed by atoms with E-state index in [1.165, 1.54) is 9.80 Å². The van der Waals surface area contributed by atoms with Crippen LogP contribution in [0.4, 0.5) is 0 Å². The molecule has 5 N–H and O–H groups in total. The van der Waals surface area contributed by atoms with Gasteiger partial charge in [-0.2, -0.15) is 0 Å². The molecule has 39 heavy (non-hydrogen) atoms. The zero-order valence-corrected chi connectivity index (χ0v) is 22.4. The third kappa shape index (κ3) is 6.21. The quantitative estimate of drug-likeness (QED) is 0.395. The molecule has 204 valence electrons. The second kappa shape index (κ2) is 12.3. The Hall–Kier alpha value is -3.95. The fourth-order valence-corrected chi connectivity index (χ4v) is 5.36. The van der Waals surface area contributed by atoms with E-state index in [4.69, 9.17) is 23.1 Å². The maximum atomic E-state index is 14.3. The van der Waals surface area contributed by atoms with Gasteiger partial charge in [0.2, 0.25) is 17.7 Å². The van der Waals surface area contributed by atoms with E-state index in [0.29, 0.717) is 17.0 Å². The summed E-state index contributed by atoms with van der Waals surface area (Å²) in [6.07, 6.45) is 0.623. The lowest BCUT2D eigenvalue weighted by molar-refractivity contribution is -0.148. The Labute approximate surface area is 232 Å². The third-order valence-corrected chi connectivity index (χ3v) is 7.37. The lowest BCUT2D eigenvalue weighted by Gasteiger charge is -2.36. The molecule has 3 atom stereocenters. The maximum absolute atomic E-state index is 14.3. The van der Waals surface area contributed by atoms with Gasteiger partial charge in [-0.05, 0) is 47.4 Å². The minimum atomic E-state index is -1.07. The van der Waals surface area contributed by atoms with Crippen LogP contribution in [0.1, 0.15) is 30.5 Å². The number of benzene rings is 3. The van der Waals surface area contributed by atoms with Gasteiger partial charge in [0, 0.05) is 24.0 Å². The number of amides is 4. The Bertz CT molecular complexity index is 1390. The second-order valence-corrected chi connectivity index (χ2v) is 10.1. The second-order valence-electron chi connectivity index (χ2n) is 9.67. The van der Waals surface area contributed by atoms with Crippen LogP contribution in [0.15, 0.2) is 66.7 Å². The van der Waals surface area contributed by atoms with Gasteiger partial charge in [-0.1, -0.05) is 66.2 Å². The van der Waals surface area contributed by atoms with Crippen molar-refractivity contribution < 1.29 is 19.2 Å². The van der Waals surface area contributed by atoms with Gasteiger partial charge in [-0.15, -0.1) is 0 Å². The molecule has 1 fully saturated rings. The summed E-state index contributed by atoms with van der Waals surface area (Å²) in [6.45, 7) is 1.47. The number of hydrogen-bond acceptors (Lipinski definition) is 5. The Morgan fingerprint density at radius 2 is 1.79 bits per heavy atom. The number of fused-ring (bicyclic) bond motifs is 1. The summed E-state index contributed by atoms with van der Waals surface area (Å²) in [7, 11) is 0. The minimum Gasteiger partial charge on any atom is -0.368 e. The van der Waals surface area contributed by atoms with Crippen LogP contribution < -0.4 is 16.8 Å². The molecule has 0 aliphatic carbocycles. The summed E-state index contributed by atoms with van der Waals surface area (Å²) >= 11 is 6.28. The molecule has 4 rings (SSSR count). The number of carbonyl (C=O) groups is 4. The fraction of sp³-hybridized carbons (Fsp3) is 0.310. The topological polar surface area (TPSA) is 139 Å². The molecule has 0 saturated carbocycles. The molecule has 3 aromatic rings. The van der Waals surface area contributed by atoms with Crippen molar-refractivity contribution in [1.82, 2.24) is 15.1 Å². The molecule has 1 heterocycles. The first kappa shape index (κ1) is 28.1. The monoisotopic (exact) mass is 549 g/mol. The molecule has 1 aliphatic rings. The summed E-state index contributed by atoms with van der Waals surface area (Å²) in [5.74, 6) is -2.01. The normalized spacial score (nSPS) is 18.5. The average Bonchev–Trinajstić information content (AvgIpc) is 3.05. The molecule has 0 spiro atoms. The first-order valence-corrected chi connectivity index (χ1v) is 13.2. The predicted molar refractivity (Wildman–Crippen MR) is 150 cm³/mol. The van der Waals surface area contributed by atoms with Crippen LogP contribution in [0.3, 0.4) is 0 Å². The van der Waals surface area contributed by atoms with E-state index in [1.807, 2.05) is 49.4 Å². The number of nitrogens with zero attached hydrogens (tertiary/aromatic N) is 2. The van der Waals surface area contributed by atoms with E-state index in [9.17, 15) is 19.2 Å². The smallest absolute Gasteiger partial charge is 0.250 e. The van der Waals surface area contributed by atoms with Crippen LogP contribution in [-0.4, -0.2) is 65.1 Å². The predicted octanol–water partition coefficient (Wildman–Crippen LogP) is 2.16. The number of carbonyl (C=O) groups excluding carboxylic acids is 4. The van der Waals surface area contributed by atoms with Gasteiger partial charge in [-0.25, -0.2) is 0 Å². The molecule has 10 heteroatoms. The van der Waals surface area contributed by atoms with E-state index in [2.05, 4.69) is 5.32 Å². The van der Waals surface area contributed by atoms with E-state index in [0.717, 1.165) is 16.3 Å². The van der Waals surface area contributed by atoms with Crippen LogP contribution in [0.25, 0.3) is 10.8 Å². The number of nitrogens with two attached hydrogens (primary N) is 2. The molecule has 0 bridgehead atoms. The van der Waals surface area contributed by atoms with E-state index >= 15 is 0 Å². The molecular formula is C29H32ClN5O4. The van der Waals surface area contributed by atoms with Crippen molar-refractivity contribution >= 4 is 46.0 Å². The van der Waals surface area contributed by atoms with E-state index in [-0.39, 0.29) is 26.1 Å². The molecule has 4 amide bonds. The molecule has 0 unspecified atom stereocenters. The van der Waals surface area contributed by atoms with Crippen molar-refractivity contribution in [1.29, 1.82) is 0 Å². The van der Waals surface area contributed by atoms with Crippen molar-refractivity contribution in [2.75, 3.05) is 19.6 Å². The lowest BCUT2D eigenvalue weighted by atomic mass is 9.96. The molecule has 1 saturated heterocycles. The Balaban J connectivity index is 1.74. The average molecular weight is 550 g/mol. The molecule has 0 radical (unpaired) electrons. The molecule has 3 aromatic carbocycles. The molecule has 0 aromatic heterocycles. The van der Waals surface area contributed by atoms with Gasteiger partial charge in [0.1, 0.15) is 12.1 Å². The van der Waals surface area contributed by atoms with Crippen molar-refractivity contribution in [2.24, 2.45) is 11.5 Å². The van der Waals surface area contributed by atoms with Crippen LogP contribution >= 0.6 is 11.6 Å². The highest BCUT2D eigenvalue weighted by Crippen LogP contribution is 2.33. The highest BCUT2D eigenvalue weighted by Gasteiger charge is 2.43. The third-order valence-electron chi connectivity index (χ3n) is 7.13. The van der Waals surface area contributed by atoms with Gasteiger partial charge >= 0.3 is 0 Å². The zero-order chi connectivity index (χ0) is 28.1. The summed E-state index contributed by atoms with van der Waals surface area (Å²) in [5.41, 5.74) is 12.7. The largest absolute Gasteiger partial charge is 0.368 e.